The van der Waals surface area contributed by atoms with Gasteiger partial charge >= 0.3 is 0 Å². The van der Waals surface area contributed by atoms with Gasteiger partial charge in [-0.1, -0.05) is 17.8 Å². The minimum atomic E-state index is -0.171. The van der Waals surface area contributed by atoms with Crippen molar-refractivity contribution in [3.05, 3.63) is 67.0 Å². The number of ether oxygens (including phenoxy) is 1. The van der Waals surface area contributed by atoms with Gasteiger partial charge in [-0.25, -0.2) is 0 Å². The summed E-state index contributed by atoms with van der Waals surface area (Å²) < 4.78 is 15.7. The summed E-state index contributed by atoms with van der Waals surface area (Å²) in [6.45, 7) is 0. The standard InChI is InChI=1S/C22H17N7O2S2/c1-31-16-7-5-15(6-8-16)29-21(14-9-11-23-12-10-14)25-26-22(29)32-13-19(30)24-17-3-2-4-18-20(17)28-33-27-18/h2-12H,13H2,1H3,(H,24,30). The highest BCUT2D eigenvalue weighted by molar-refractivity contribution is 7.99. The first kappa shape index (κ1) is 21.0. The topological polar surface area (TPSA) is 108 Å². The third kappa shape index (κ3) is 4.41. The molecule has 5 rings (SSSR count). The zero-order valence-corrected chi connectivity index (χ0v) is 19.0. The molecule has 3 aromatic heterocycles. The number of fused-ring (bicyclic) bond motifs is 1. The Balaban J connectivity index is 1.41. The molecule has 0 aliphatic carbocycles. The Labute approximate surface area is 197 Å². The van der Waals surface area contributed by atoms with Crippen LogP contribution in [0.3, 0.4) is 0 Å². The lowest BCUT2D eigenvalue weighted by atomic mass is 10.2. The number of hydrogen-bond donors (Lipinski definition) is 1. The molecule has 1 N–H and O–H groups in total. The van der Waals surface area contributed by atoms with Crippen molar-refractivity contribution in [2.45, 2.75) is 5.16 Å². The van der Waals surface area contributed by atoms with Crippen LogP contribution in [0.25, 0.3) is 28.1 Å². The minimum absolute atomic E-state index is 0.151. The van der Waals surface area contributed by atoms with E-state index in [-0.39, 0.29) is 11.7 Å². The number of carbonyl (C=O) groups is 1. The molecule has 0 unspecified atom stereocenters. The molecule has 0 fully saturated rings. The summed E-state index contributed by atoms with van der Waals surface area (Å²) in [6.07, 6.45) is 3.41. The number of rotatable bonds is 7. The zero-order valence-electron chi connectivity index (χ0n) is 17.4. The normalized spacial score (nSPS) is 10.9. The number of nitrogens with zero attached hydrogens (tertiary/aromatic N) is 6. The molecule has 3 heterocycles. The summed E-state index contributed by atoms with van der Waals surface area (Å²) in [5.41, 5.74) is 3.80. The fourth-order valence-electron chi connectivity index (χ4n) is 3.24. The first-order valence-electron chi connectivity index (χ1n) is 9.87. The van der Waals surface area contributed by atoms with Gasteiger partial charge in [0.15, 0.2) is 11.0 Å². The lowest BCUT2D eigenvalue weighted by Gasteiger charge is -2.11. The van der Waals surface area contributed by atoms with Crippen molar-refractivity contribution < 1.29 is 9.53 Å². The van der Waals surface area contributed by atoms with Crippen molar-refractivity contribution in [1.82, 2.24) is 28.5 Å². The van der Waals surface area contributed by atoms with Crippen molar-refractivity contribution >= 4 is 46.1 Å². The van der Waals surface area contributed by atoms with E-state index >= 15 is 0 Å². The zero-order chi connectivity index (χ0) is 22.6. The quantitative estimate of drug-likeness (QED) is 0.351. The number of amides is 1. The Morgan fingerprint density at radius 2 is 1.88 bits per heavy atom. The van der Waals surface area contributed by atoms with Crippen LogP contribution in [0.5, 0.6) is 5.75 Å². The summed E-state index contributed by atoms with van der Waals surface area (Å²) in [6, 6.07) is 16.8. The predicted molar refractivity (Wildman–Crippen MR) is 128 cm³/mol. The van der Waals surface area contributed by atoms with E-state index in [1.54, 1.807) is 19.5 Å². The second kappa shape index (κ2) is 9.35. The van der Waals surface area contributed by atoms with Crippen LogP contribution in [-0.2, 0) is 4.79 Å². The average Bonchev–Trinajstić information content (AvgIpc) is 3.51. The maximum absolute atomic E-state index is 12.7. The lowest BCUT2D eigenvalue weighted by Crippen LogP contribution is -2.15. The number of thioether (sulfide) groups is 1. The number of methoxy groups -OCH3 is 1. The second-order valence-electron chi connectivity index (χ2n) is 6.85. The summed E-state index contributed by atoms with van der Waals surface area (Å²) >= 11 is 2.41. The molecule has 33 heavy (non-hydrogen) atoms. The third-order valence-electron chi connectivity index (χ3n) is 4.79. The van der Waals surface area contributed by atoms with Crippen molar-refractivity contribution in [2.24, 2.45) is 0 Å². The van der Waals surface area contributed by atoms with E-state index in [1.807, 2.05) is 59.2 Å². The summed E-state index contributed by atoms with van der Waals surface area (Å²) in [7, 11) is 1.62. The highest BCUT2D eigenvalue weighted by Gasteiger charge is 2.18. The molecule has 9 nitrogen and oxygen atoms in total. The maximum Gasteiger partial charge on any atom is 0.234 e. The van der Waals surface area contributed by atoms with Crippen LogP contribution in [0.1, 0.15) is 0 Å². The van der Waals surface area contributed by atoms with E-state index < -0.39 is 0 Å². The van der Waals surface area contributed by atoms with Gasteiger partial charge in [-0.3, -0.25) is 14.3 Å². The molecule has 0 saturated carbocycles. The van der Waals surface area contributed by atoms with Crippen LogP contribution in [0.15, 0.2) is 72.1 Å². The minimum Gasteiger partial charge on any atom is -0.497 e. The number of nitrogens with one attached hydrogen (secondary N) is 1. The molecule has 1 amide bonds. The summed E-state index contributed by atoms with van der Waals surface area (Å²) in [5, 5.41) is 12.3. The molecule has 5 aromatic rings. The van der Waals surface area contributed by atoms with Crippen molar-refractivity contribution in [2.75, 3.05) is 18.2 Å². The first-order chi connectivity index (χ1) is 16.2. The van der Waals surface area contributed by atoms with E-state index in [9.17, 15) is 4.79 Å². The average molecular weight is 476 g/mol. The van der Waals surface area contributed by atoms with Gasteiger partial charge in [0.1, 0.15) is 16.8 Å². The second-order valence-corrected chi connectivity index (χ2v) is 8.32. The monoisotopic (exact) mass is 475 g/mol. The van der Waals surface area contributed by atoms with Gasteiger partial charge in [-0.2, -0.15) is 8.75 Å². The summed E-state index contributed by atoms with van der Waals surface area (Å²) in [4.78, 5) is 16.8. The van der Waals surface area contributed by atoms with Gasteiger partial charge in [0.25, 0.3) is 0 Å². The molecule has 0 radical (unpaired) electrons. The molecule has 0 spiro atoms. The van der Waals surface area contributed by atoms with Crippen LogP contribution in [0.2, 0.25) is 0 Å². The highest BCUT2D eigenvalue weighted by atomic mass is 32.2. The highest BCUT2D eigenvalue weighted by Crippen LogP contribution is 2.29. The van der Waals surface area contributed by atoms with Gasteiger partial charge < -0.3 is 10.1 Å². The number of benzene rings is 2. The Morgan fingerprint density at radius 3 is 2.67 bits per heavy atom. The smallest absolute Gasteiger partial charge is 0.234 e. The molecule has 2 aromatic carbocycles. The fourth-order valence-corrected chi connectivity index (χ4v) is 4.54. The Morgan fingerprint density at radius 1 is 1.06 bits per heavy atom. The number of carbonyl (C=O) groups excluding carboxylic acids is 1. The van der Waals surface area contributed by atoms with Gasteiger partial charge in [0.05, 0.1) is 30.3 Å². The van der Waals surface area contributed by atoms with Crippen LogP contribution in [0.4, 0.5) is 5.69 Å². The molecule has 0 aliphatic heterocycles. The van der Waals surface area contributed by atoms with Crippen molar-refractivity contribution in [3.8, 4) is 22.8 Å². The lowest BCUT2D eigenvalue weighted by molar-refractivity contribution is -0.113. The Hall–Kier alpha value is -3.83. The molecule has 0 atom stereocenters. The van der Waals surface area contributed by atoms with E-state index in [4.69, 9.17) is 4.74 Å². The fraction of sp³-hybridized carbons (Fsp3) is 0.0909. The van der Waals surface area contributed by atoms with Crippen molar-refractivity contribution in [1.29, 1.82) is 0 Å². The molecular formula is C22H17N7O2S2. The maximum atomic E-state index is 12.7. The molecular weight excluding hydrogens is 458 g/mol. The number of aromatic nitrogens is 6. The largest absolute Gasteiger partial charge is 0.497 e. The van der Waals surface area contributed by atoms with E-state index in [1.165, 1.54) is 11.8 Å². The first-order valence-corrected chi connectivity index (χ1v) is 11.6. The van der Waals surface area contributed by atoms with Crippen molar-refractivity contribution in [3.63, 3.8) is 0 Å². The van der Waals surface area contributed by atoms with Crippen LogP contribution < -0.4 is 10.1 Å². The van der Waals surface area contributed by atoms with Gasteiger partial charge in [-0.05, 0) is 48.5 Å². The number of anilines is 1. The Kier molecular flexibility index (Phi) is 5.96. The molecule has 0 saturated heterocycles. The van der Waals surface area contributed by atoms with Gasteiger partial charge in [-0.15, -0.1) is 10.2 Å². The van der Waals surface area contributed by atoms with Crippen LogP contribution in [0, 0.1) is 0 Å². The molecule has 0 bridgehead atoms. The number of pyridine rings is 1. The molecule has 11 heteroatoms. The van der Waals surface area contributed by atoms with E-state index in [0.29, 0.717) is 22.2 Å². The Bertz CT molecular complexity index is 1400. The SMILES string of the molecule is COc1ccc(-n2c(SCC(=O)Nc3cccc4nsnc34)nnc2-c2ccncc2)cc1. The molecule has 164 valence electrons. The van der Waals surface area contributed by atoms with Crippen LogP contribution in [-0.4, -0.2) is 47.3 Å². The van der Waals surface area contributed by atoms with Gasteiger partial charge in [0, 0.05) is 23.6 Å². The van der Waals surface area contributed by atoms with Gasteiger partial charge in [0.2, 0.25) is 5.91 Å². The summed E-state index contributed by atoms with van der Waals surface area (Å²) in [5.74, 6) is 1.38. The van der Waals surface area contributed by atoms with E-state index in [0.717, 1.165) is 34.2 Å². The van der Waals surface area contributed by atoms with E-state index in [2.05, 4.69) is 29.2 Å². The third-order valence-corrected chi connectivity index (χ3v) is 6.27. The van der Waals surface area contributed by atoms with Crippen LogP contribution >= 0.6 is 23.5 Å². The number of hydrogen-bond acceptors (Lipinski definition) is 9. The predicted octanol–water partition coefficient (Wildman–Crippen LogP) is 4.07. The molecule has 0 aliphatic rings.